The Morgan fingerprint density at radius 2 is 1.80 bits per heavy atom. The van der Waals surface area contributed by atoms with Crippen molar-refractivity contribution >= 4 is 29.1 Å². The SMILES string of the molecule is CC(C)(C)NC(=O)C1c2cc(F)ccc2C(=O)N1c1ccc(Cl)cc1. The first-order chi connectivity index (χ1) is 11.7. The molecule has 0 spiro atoms. The van der Waals surface area contributed by atoms with Crippen molar-refractivity contribution in [3.8, 4) is 0 Å². The zero-order chi connectivity index (χ0) is 18.4. The third-order valence-corrected chi connectivity index (χ3v) is 4.12. The monoisotopic (exact) mass is 360 g/mol. The first-order valence-electron chi connectivity index (χ1n) is 7.88. The zero-order valence-electron chi connectivity index (χ0n) is 14.1. The lowest BCUT2D eigenvalue weighted by molar-refractivity contribution is -0.123. The predicted molar refractivity (Wildman–Crippen MR) is 95.3 cm³/mol. The van der Waals surface area contributed by atoms with Crippen molar-refractivity contribution < 1.29 is 14.0 Å². The number of fused-ring (bicyclic) bond motifs is 1. The lowest BCUT2D eigenvalue weighted by atomic mass is 10.0. The molecule has 0 bridgehead atoms. The highest BCUT2D eigenvalue weighted by Crippen LogP contribution is 2.38. The fraction of sp³-hybridized carbons (Fsp3) is 0.263. The summed E-state index contributed by atoms with van der Waals surface area (Å²) in [6.07, 6.45) is 0. The summed E-state index contributed by atoms with van der Waals surface area (Å²) < 4.78 is 13.8. The Hall–Kier alpha value is -2.40. The molecule has 0 saturated carbocycles. The summed E-state index contributed by atoms with van der Waals surface area (Å²) in [7, 11) is 0. The predicted octanol–water partition coefficient (Wildman–Crippen LogP) is 4.10. The van der Waals surface area contributed by atoms with Gasteiger partial charge in [0.25, 0.3) is 5.91 Å². The Bertz CT molecular complexity index is 843. The molecule has 3 rings (SSSR count). The molecule has 0 aliphatic carbocycles. The average Bonchev–Trinajstić information content (AvgIpc) is 2.79. The molecule has 0 radical (unpaired) electrons. The van der Waals surface area contributed by atoms with E-state index >= 15 is 0 Å². The van der Waals surface area contributed by atoms with Crippen molar-refractivity contribution in [1.82, 2.24) is 5.32 Å². The number of anilines is 1. The normalized spacial score (nSPS) is 16.8. The van der Waals surface area contributed by atoms with Gasteiger partial charge in [0.1, 0.15) is 11.9 Å². The molecular weight excluding hydrogens is 343 g/mol. The van der Waals surface area contributed by atoms with Crippen molar-refractivity contribution in [2.45, 2.75) is 32.4 Å². The average molecular weight is 361 g/mol. The number of nitrogens with one attached hydrogen (secondary N) is 1. The van der Waals surface area contributed by atoms with Crippen molar-refractivity contribution in [2.24, 2.45) is 0 Å². The summed E-state index contributed by atoms with van der Waals surface area (Å²) in [4.78, 5) is 27.1. The maximum atomic E-state index is 13.8. The Morgan fingerprint density at radius 3 is 2.40 bits per heavy atom. The third kappa shape index (κ3) is 3.37. The molecular formula is C19H18ClFN2O2. The first-order valence-corrected chi connectivity index (χ1v) is 8.26. The topological polar surface area (TPSA) is 49.4 Å². The Kier molecular flexibility index (Phi) is 4.29. The smallest absolute Gasteiger partial charge is 0.259 e. The number of carbonyl (C=O) groups excluding carboxylic acids is 2. The van der Waals surface area contributed by atoms with Crippen LogP contribution in [-0.2, 0) is 4.79 Å². The molecule has 1 aliphatic rings. The highest BCUT2D eigenvalue weighted by Gasteiger charge is 2.43. The second-order valence-corrected chi connectivity index (χ2v) is 7.46. The van der Waals surface area contributed by atoms with Crippen LogP contribution in [0, 0.1) is 5.82 Å². The van der Waals surface area contributed by atoms with Gasteiger partial charge >= 0.3 is 0 Å². The van der Waals surface area contributed by atoms with Crippen LogP contribution in [0.15, 0.2) is 42.5 Å². The van der Waals surface area contributed by atoms with E-state index in [2.05, 4.69) is 5.32 Å². The zero-order valence-corrected chi connectivity index (χ0v) is 14.9. The molecule has 0 aromatic heterocycles. The van der Waals surface area contributed by atoms with E-state index in [0.717, 1.165) is 0 Å². The van der Waals surface area contributed by atoms with Gasteiger partial charge in [0.2, 0.25) is 5.91 Å². The summed E-state index contributed by atoms with van der Waals surface area (Å²) >= 11 is 5.92. The molecule has 25 heavy (non-hydrogen) atoms. The molecule has 130 valence electrons. The summed E-state index contributed by atoms with van der Waals surface area (Å²) in [5, 5.41) is 3.39. The van der Waals surface area contributed by atoms with Crippen LogP contribution in [0.1, 0.15) is 42.7 Å². The van der Waals surface area contributed by atoms with E-state index in [4.69, 9.17) is 11.6 Å². The van der Waals surface area contributed by atoms with Crippen molar-refractivity contribution in [1.29, 1.82) is 0 Å². The maximum Gasteiger partial charge on any atom is 0.259 e. The number of benzene rings is 2. The van der Waals surface area contributed by atoms with Gasteiger partial charge in [0, 0.05) is 27.4 Å². The van der Waals surface area contributed by atoms with Crippen molar-refractivity contribution in [3.63, 3.8) is 0 Å². The second-order valence-electron chi connectivity index (χ2n) is 7.02. The number of hydrogen-bond acceptors (Lipinski definition) is 2. The molecule has 0 fully saturated rings. The molecule has 2 aromatic rings. The Labute approximate surface area is 150 Å². The second kappa shape index (κ2) is 6.15. The standard InChI is InChI=1S/C19H18ClFN2O2/c1-19(2,3)22-17(24)16-15-10-12(21)6-9-14(15)18(25)23(16)13-7-4-11(20)5-8-13/h4-10,16H,1-3H3,(H,22,24). The molecule has 1 heterocycles. The number of amides is 2. The largest absolute Gasteiger partial charge is 0.349 e. The van der Waals surface area contributed by atoms with Gasteiger partial charge in [0.05, 0.1) is 0 Å². The first kappa shape index (κ1) is 17.4. The van der Waals surface area contributed by atoms with Crippen molar-refractivity contribution in [2.75, 3.05) is 4.90 Å². The highest BCUT2D eigenvalue weighted by atomic mass is 35.5. The molecule has 1 aliphatic heterocycles. The molecule has 0 saturated heterocycles. The van der Waals surface area contributed by atoms with Gasteiger partial charge in [-0.25, -0.2) is 4.39 Å². The van der Waals surface area contributed by atoms with Gasteiger partial charge < -0.3 is 5.32 Å². The summed E-state index contributed by atoms with van der Waals surface area (Å²) in [5.74, 6) is -1.19. The number of carbonyl (C=O) groups is 2. The van der Waals surface area contributed by atoms with Gasteiger partial charge in [-0.3, -0.25) is 14.5 Å². The van der Waals surface area contributed by atoms with Gasteiger partial charge in [-0.15, -0.1) is 0 Å². The minimum absolute atomic E-state index is 0.324. The lowest BCUT2D eigenvalue weighted by Gasteiger charge is -2.28. The molecule has 1 N–H and O–H groups in total. The maximum absolute atomic E-state index is 13.8. The molecule has 4 nitrogen and oxygen atoms in total. The summed E-state index contributed by atoms with van der Waals surface area (Å²) in [5.41, 5.74) is 0.731. The van der Waals surface area contributed by atoms with E-state index in [1.807, 2.05) is 20.8 Å². The molecule has 1 unspecified atom stereocenters. The van der Waals surface area contributed by atoms with Crippen LogP contribution in [0.5, 0.6) is 0 Å². The Morgan fingerprint density at radius 1 is 1.16 bits per heavy atom. The van der Waals surface area contributed by atoms with Gasteiger partial charge in [-0.1, -0.05) is 11.6 Å². The van der Waals surface area contributed by atoms with Crippen molar-refractivity contribution in [3.05, 3.63) is 64.4 Å². The fourth-order valence-corrected chi connectivity index (χ4v) is 3.03. The van der Waals surface area contributed by atoms with Crippen LogP contribution >= 0.6 is 11.6 Å². The van der Waals surface area contributed by atoms with Crippen LogP contribution in [-0.4, -0.2) is 17.4 Å². The highest BCUT2D eigenvalue weighted by molar-refractivity contribution is 6.30. The van der Waals surface area contributed by atoms with E-state index in [1.165, 1.54) is 23.1 Å². The number of nitrogens with zero attached hydrogens (tertiary/aromatic N) is 1. The van der Waals surface area contributed by atoms with E-state index in [9.17, 15) is 14.0 Å². The van der Waals surface area contributed by atoms with Gasteiger partial charge in [-0.05, 0) is 63.2 Å². The Balaban J connectivity index is 2.11. The van der Waals surface area contributed by atoms with Gasteiger partial charge in [0.15, 0.2) is 0 Å². The number of halogens is 2. The van der Waals surface area contributed by atoms with E-state index in [-0.39, 0.29) is 11.8 Å². The minimum Gasteiger partial charge on any atom is -0.349 e. The van der Waals surface area contributed by atoms with Crippen LogP contribution in [0.2, 0.25) is 5.02 Å². The van der Waals surface area contributed by atoms with Crippen LogP contribution < -0.4 is 10.2 Å². The number of hydrogen-bond donors (Lipinski definition) is 1. The summed E-state index contributed by atoms with van der Waals surface area (Å²) in [6, 6.07) is 9.58. The van der Waals surface area contributed by atoms with Crippen LogP contribution in [0.3, 0.4) is 0 Å². The van der Waals surface area contributed by atoms with Crippen LogP contribution in [0.4, 0.5) is 10.1 Å². The fourth-order valence-electron chi connectivity index (χ4n) is 2.91. The van der Waals surface area contributed by atoms with E-state index in [0.29, 0.717) is 21.8 Å². The molecule has 1 atom stereocenters. The van der Waals surface area contributed by atoms with Gasteiger partial charge in [-0.2, -0.15) is 0 Å². The molecule has 2 aromatic carbocycles. The number of rotatable bonds is 2. The van der Waals surface area contributed by atoms with Crippen LogP contribution in [0.25, 0.3) is 0 Å². The quantitative estimate of drug-likeness (QED) is 0.876. The minimum atomic E-state index is -0.932. The van der Waals surface area contributed by atoms with E-state index < -0.39 is 17.4 Å². The molecule has 2 amide bonds. The summed E-state index contributed by atoms with van der Waals surface area (Å²) in [6.45, 7) is 5.54. The van der Waals surface area contributed by atoms with E-state index in [1.54, 1.807) is 24.3 Å². The molecule has 6 heteroatoms. The third-order valence-electron chi connectivity index (χ3n) is 3.87. The lowest BCUT2D eigenvalue weighted by Crippen LogP contribution is -2.47.